The molecule has 0 heterocycles. The number of hydrogen-bond acceptors (Lipinski definition) is 5. The second-order valence-corrected chi connectivity index (χ2v) is 10.2. The van der Waals surface area contributed by atoms with Crippen LogP contribution in [0, 0.1) is 5.92 Å². The second-order valence-electron chi connectivity index (χ2n) is 8.54. The Morgan fingerprint density at radius 1 is 0.938 bits per heavy atom. The van der Waals surface area contributed by atoms with E-state index in [4.69, 9.17) is 5.73 Å². The Morgan fingerprint density at radius 3 is 2.16 bits per heavy atom. The summed E-state index contributed by atoms with van der Waals surface area (Å²) in [6.07, 6.45) is 0.495. The van der Waals surface area contributed by atoms with Crippen molar-refractivity contribution in [1.29, 1.82) is 0 Å². The normalized spacial score (nSPS) is 12.9. The van der Waals surface area contributed by atoms with Gasteiger partial charge in [0.15, 0.2) is 0 Å². The van der Waals surface area contributed by atoms with Crippen molar-refractivity contribution in [2.24, 2.45) is 11.7 Å². The zero-order chi connectivity index (χ0) is 23.5. The molecule has 7 nitrogen and oxygen atoms in total. The zero-order valence-corrected chi connectivity index (χ0v) is 19.1. The summed E-state index contributed by atoms with van der Waals surface area (Å²) in [6.45, 7) is 5.51. The maximum Gasteiger partial charge on any atom is 0.264 e. The van der Waals surface area contributed by atoms with Crippen molar-refractivity contribution in [3.05, 3.63) is 72.3 Å². The van der Waals surface area contributed by atoms with Crippen molar-refractivity contribution < 1.29 is 18.0 Å². The number of sulfonamides is 1. The molecule has 0 bridgehead atoms. The van der Waals surface area contributed by atoms with Gasteiger partial charge in [-0.25, -0.2) is 13.1 Å². The summed E-state index contributed by atoms with van der Waals surface area (Å²) in [6, 6.07) is 17.8. The Kier molecular flexibility index (Phi) is 6.66. The maximum absolute atomic E-state index is 13.0. The largest absolute Gasteiger partial charge is 0.326 e. The average Bonchev–Trinajstić information content (AvgIpc) is 2.72. The first-order chi connectivity index (χ1) is 15.0. The van der Waals surface area contributed by atoms with E-state index >= 15 is 0 Å². The molecule has 0 aliphatic rings. The van der Waals surface area contributed by atoms with Gasteiger partial charge in [0.05, 0.1) is 4.90 Å². The number of carbonyl (C=O) groups excluding carboxylic acids is 2. The molecule has 3 rings (SSSR count). The third-order valence-corrected chi connectivity index (χ3v) is 6.36. The SMILES string of the molecule is CC(CC(C)(C)N)C(=O)Nc1ccc(S(=O)(=O)NC(=O)c2ccccc2)c2ccccc12. The van der Waals surface area contributed by atoms with Gasteiger partial charge in [0.25, 0.3) is 15.9 Å². The molecule has 0 radical (unpaired) electrons. The van der Waals surface area contributed by atoms with Crippen LogP contribution in [0.2, 0.25) is 0 Å². The fraction of sp³-hybridized carbons (Fsp3) is 0.250. The van der Waals surface area contributed by atoms with E-state index in [9.17, 15) is 18.0 Å². The highest BCUT2D eigenvalue weighted by Crippen LogP contribution is 2.30. The van der Waals surface area contributed by atoms with Gasteiger partial charge in [0.2, 0.25) is 5.91 Å². The lowest BCUT2D eigenvalue weighted by Gasteiger charge is -2.23. The van der Waals surface area contributed by atoms with Crippen LogP contribution in [0.3, 0.4) is 0 Å². The van der Waals surface area contributed by atoms with Crippen molar-refractivity contribution >= 4 is 38.3 Å². The van der Waals surface area contributed by atoms with Crippen molar-refractivity contribution in [1.82, 2.24) is 4.72 Å². The van der Waals surface area contributed by atoms with Crippen molar-refractivity contribution in [2.45, 2.75) is 37.6 Å². The summed E-state index contributed by atoms with van der Waals surface area (Å²) in [5.41, 5.74) is 6.26. The van der Waals surface area contributed by atoms with Gasteiger partial charge in [-0.1, -0.05) is 49.4 Å². The summed E-state index contributed by atoms with van der Waals surface area (Å²) >= 11 is 0. The molecule has 0 saturated heterocycles. The van der Waals surface area contributed by atoms with Gasteiger partial charge in [-0.3, -0.25) is 9.59 Å². The molecule has 2 amide bonds. The van der Waals surface area contributed by atoms with Crippen molar-refractivity contribution in [2.75, 3.05) is 5.32 Å². The van der Waals surface area contributed by atoms with Crippen molar-refractivity contribution in [3.8, 4) is 0 Å². The van der Waals surface area contributed by atoms with Crippen LogP contribution >= 0.6 is 0 Å². The Bertz CT molecular complexity index is 1250. The molecule has 4 N–H and O–H groups in total. The molecule has 3 aromatic carbocycles. The van der Waals surface area contributed by atoms with E-state index < -0.39 is 21.5 Å². The minimum Gasteiger partial charge on any atom is -0.326 e. The predicted octanol–water partition coefficient (Wildman–Crippen LogP) is 3.66. The molecule has 0 aromatic heterocycles. The third kappa shape index (κ3) is 5.52. The lowest BCUT2D eigenvalue weighted by atomic mass is 9.92. The molecular weight excluding hydrogens is 426 g/mol. The molecule has 0 fully saturated rings. The smallest absolute Gasteiger partial charge is 0.264 e. The summed E-state index contributed by atoms with van der Waals surface area (Å²) in [5, 5.41) is 3.82. The number of amides is 2. The summed E-state index contributed by atoms with van der Waals surface area (Å²) < 4.78 is 28.1. The molecule has 0 aliphatic heterocycles. The quantitative estimate of drug-likeness (QED) is 0.504. The van der Waals surface area contributed by atoms with Gasteiger partial charge in [-0.2, -0.15) is 0 Å². The van der Waals surface area contributed by atoms with Crippen LogP contribution in [0.4, 0.5) is 5.69 Å². The van der Waals surface area contributed by atoms with Gasteiger partial charge in [0.1, 0.15) is 0 Å². The highest BCUT2D eigenvalue weighted by molar-refractivity contribution is 7.90. The average molecular weight is 454 g/mol. The standard InChI is InChI=1S/C24H27N3O4S/c1-16(15-24(2,3)25)22(28)26-20-13-14-21(19-12-8-7-11-18(19)20)32(30,31)27-23(29)17-9-5-4-6-10-17/h4-14,16H,15,25H2,1-3H3,(H,26,28)(H,27,29). The van der Waals surface area contributed by atoms with Crippen LogP contribution in [0.15, 0.2) is 71.6 Å². The third-order valence-electron chi connectivity index (χ3n) is 4.97. The number of anilines is 1. The molecule has 3 aromatic rings. The Labute approximate surface area is 188 Å². The van der Waals surface area contributed by atoms with Crippen LogP contribution in [0.25, 0.3) is 10.8 Å². The van der Waals surface area contributed by atoms with Crippen LogP contribution in [-0.4, -0.2) is 25.8 Å². The molecule has 0 aliphatic carbocycles. The minimum atomic E-state index is -4.15. The number of hydrogen-bond donors (Lipinski definition) is 3. The van der Waals surface area contributed by atoms with Crippen molar-refractivity contribution in [3.63, 3.8) is 0 Å². The van der Waals surface area contributed by atoms with Gasteiger partial charge < -0.3 is 11.1 Å². The van der Waals surface area contributed by atoms with E-state index in [1.807, 2.05) is 13.8 Å². The summed E-state index contributed by atoms with van der Waals surface area (Å²) in [7, 11) is -4.15. The molecule has 168 valence electrons. The van der Waals surface area contributed by atoms with Gasteiger partial charge in [-0.15, -0.1) is 0 Å². The van der Waals surface area contributed by atoms with Crippen LogP contribution in [0.1, 0.15) is 37.6 Å². The first kappa shape index (κ1) is 23.4. The minimum absolute atomic E-state index is 0.0495. The van der Waals surface area contributed by atoms with Gasteiger partial charge in [-0.05, 0) is 44.5 Å². The van der Waals surface area contributed by atoms with E-state index in [2.05, 4.69) is 10.0 Å². The number of rotatable bonds is 7. The highest BCUT2D eigenvalue weighted by atomic mass is 32.2. The molecule has 32 heavy (non-hydrogen) atoms. The Hall–Kier alpha value is -3.23. The van der Waals surface area contributed by atoms with Crippen LogP contribution in [-0.2, 0) is 14.8 Å². The maximum atomic E-state index is 13.0. The fourth-order valence-electron chi connectivity index (χ4n) is 3.58. The summed E-state index contributed by atoms with van der Waals surface area (Å²) in [5.74, 6) is -1.26. The van der Waals surface area contributed by atoms with E-state index in [1.165, 1.54) is 24.3 Å². The fourth-order valence-corrected chi connectivity index (χ4v) is 4.76. The monoisotopic (exact) mass is 453 g/mol. The molecule has 8 heteroatoms. The van der Waals surface area contributed by atoms with E-state index in [0.29, 0.717) is 22.9 Å². The topological polar surface area (TPSA) is 118 Å². The zero-order valence-electron chi connectivity index (χ0n) is 18.3. The molecule has 1 atom stereocenters. The highest BCUT2D eigenvalue weighted by Gasteiger charge is 2.24. The predicted molar refractivity (Wildman–Crippen MR) is 126 cm³/mol. The lowest BCUT2D eigenvalue weighted by molar-refractivity contribution is -0.119. The molecular formula is C24H27N3O4S. The van der Waals surface area contributed by atoms with E-state index in [-0.39, 0.29) is 22.3 Å². The second kappa shape index (κ2) is 9.10. The number of benzene rings is 3. The number of nitrogens with two attached hydrogens (primary N) is 1. The molecule has 1 unspecified atom stereocenters. The number of fused-ring (bicyclic) bond motifs is 1. The lowest BCUT2D eigenvalue weighted by Crippen LogP contribution is -2.37. The molecule has 0 saturated carbocycles. The van der Waals surface area contributed by atoms with E-state index in [0.717, 1.165) is 0 Å². The van der Waals surface area contributed by atoms with Crippen LogP contribution in [0.5, 0.6) is 0 Å². The van der Waals surface area contributed by atoms with E-state index in [1.54, 1.807) is 49.4 Å². The number of nitrogens with one attached hydrogen (secondary N) is 2. The van der Waals surface area contributed by atoms with Gasteiger partial charge >= 0.3 is 0 Å². The Balaban J connectivity index is 1.92. The Morgan fingerprint density at radius 2 is 1.53 bits per heavy atom. The van der Waals surface area contributed by atoms with Gasteiger partial charge in [0, 0.05) is 33.5 Å². The summed E-state index contributed by atoms with van der Waals surface area (Å²) in [4.78, 5) is 25.0. The first-order valence-corrected chi connectivity index (χ1v) is 11.7. The van der Waals surface area contributed by atoms with Crippen LogP contribution < -0.4 is 15.8 Å². The first-order valence-electron chi connectivity index (χ1n) is 10.2. The number of carbonyl (C=O) groups is 2. The molecule has 0 spiro atoms.